The van der Waals surface area contributed by atoms with E-state index in [0.29, 0.717) is 73.3 Å². The molecule has 0 unspecified atom stereocenters. The van der Waals surface area contributed by atoms with Gasteiger partial charge in [-0.2, -0.15) is 18.4 Å². The van der Waals surface area contributed by atoms with Crippen LogP contribution in [0.15, 0.2) is 231 Å². The number of benzene rings is 9. The molecule has 0 amide bonds. The van der Waals surface area contributed by atoms with Gasteiger partial charge in [-0.05, 0) is 64.7 Å². The molecular weight excluding hydrogens is 936 g/mol. The normalized spacial score (nSPS) is 11.4. The first-order valence-electron chi connectivity index (χ1n) is 24.0. The summed E-state index contributed by atoms with van der Waals surface area (Å²) in [6, 6.07) is 72.5. The second-order valence-electron chi connectivity index (χ2n) is 17.9. The van der Waals surface area contributed by atoms with E-state index < -0.39 is 11.7 Å². The summed E-state index contributed by atoms with van der Waals surface area (Å²) >= 11 is 0. The lowest BCUT2D eigenvalue weighted by Crippen LogP contribution is -2.10. The fourth-order valence-electron chi connectivity index (χ4n) is 9.79. The molecule has 10 heteroatoms. The molecule has 3 heterocycles. The van der Waals surface area contributed by atoms with E-state index in [0.717, 1.165) is 33.0 Å². The van der Waals surface area contributed by atoms with Crippen LogP contribution in [-0.4, -0.2) is 24.5 Å². The molecule has 0 bridgehead atoms. The number of halogens is 3. The second-order valence-corrected chi connectivity index (χ2v) is 17.9. The maximum Gasteiger partial charge on any atom is 0.416 e. The minimum absolute atomic E-state index is 0.145. The third kappa shape index (κ3) is 8.63. The number of hydrogen-bond acceptors (Lipinski definition) is 5. The minimum Gasteiger partial charge on any atom is -0.308 e. The van der Waals surface area contributed by atoms with Gasteiger partial charge >= 0.3 is 6.18 Å². The first-order valence-corrected chi connectivity index (χ1v) is 24.0. The molecule has 0 N–H and O–H groups in total. The van der Waals surface area contributed by atoms with Gasteiger partial charge in [0.15, 0.2) is 17.3 Å². The highest BCUT2D eigenvalue weighted by Gasteiger charge is 2.35. The van der Waals surface area contributed by atoms with Crippen LogP contribution < -0.4 is 0 Å². The molecule has 12 aromatic rings. The van der Waals surface area contributed by atoms with Crippen LogP contribution in [0.1, 0.15) is 11.1 Å². The van der Waals surface area contributed by atoms with Crippen LogP contribution in [0.3, 0.4) is 0 Å². The Kier molecular flexibility index (Phi) is 11.6. The molecule has 0 atom stereocenters. The van der Waals surface area contributed by atoms with Crippen molar-refractivity contribution in [2.24, 2.45) is 0 Å². The fraction of sp³-hybridized carbons (Fsp3) is 0.0154. The Bertz CT molecular complexity index is 3860. The third-order valence-corrected chi connectivity index (χ3v) is 13.3. The molecule has 7 nitrogen and oxygen atoms in total. The van der Waals surface area contributed by atoms with Crippen molar-refractivity contribution < 1.29 is 13.2 Å². The summed E-state index contributed by atoms with van der Waals surface area (Å²) in [5, 5.41) is 11.9. The molecule has 9 aromatic carbocycles. The highest BCUT2D eigenvalue weighted by atomic mass is 19.4. The molecule has 0 aliphatic carbocycles. The third-order valence-electron chi connectivity index (χ3n) is 13.3. The van der Waals surface area contributed by atoms with E-state index in [-0.39, 0.29) is 22.5 Å². The van der Waals surface area contributed by atoms with Crippen molar-refractivity contribution in [2.75, 3.05) is 0 Å². The summed E-state index contributed by atoms with van der Waals surface area (Å²) in [7, 11) is 0. The van der Waals surface area contributed by atoms with E-state index >= 15 is 13.2 Å². The second kappa shape index (κ2) is 19.0. The molecule has 0 fully saturated rings. The number of alkyl halides is 3. The number of hydrogen-bond donors (Lipinski definition) is 0. The van der Waals surface area contributed by atoms with E-state index in [2.05, 4.69) is 10.9 Å². The number of nitrogens with zero attached hydrogens (tertiary/aromatic N) is 7. The molecule has 0 aliphatic rings. The largest absolute Gasteiger partial charge is 0.416 e. The van der Waals surface area contributed by atoms with E-state index in [1.54, 1.807) is 24.3 Å². The van der Waals surface area contributed by atoms with Crippen LogP contribution >= 0.6 is 0 Å². The number of rotatable bonds is 9. The van der Waals surface area contributed by atoms with Crippen molar-refractivity contribution in [1.29, 1.82) is 5.26 Å². The van der Waals surface area contributed by atoms with Gasteiger partial charge < -0.3 is 4.57 Å². The van der Waals surface area contributed by atoms with Gasteiger partial charge in [0.25, 0.3) is 0 Å². The Hall–Kier alpha value is -10.3. The summed E-state index contributed by atoms with van der Waals surface area (Å²) in [5.41, 5.74) is 8.96. The zero-order chi connectivity index (χ0) is 51.0. The average Bonchev–Trinajstić information content (AvgIpc) is 3.80. The fourth-order valence-corrected chi connectivity index (χ4v) is 9.79. The van der Waals surface area contributed by atoms with Gasteiger partial charge in [-0.25, -0.2) is 24.8 Å². The highest BCUT2D eigenvalue weighted by Crippen LogP contribution is 2.47. The molecule has 12 rings (SSSR count). The van der Waals surface area contributed by atoms with Gasteiger partial charge in [-0.3, -0.25) is 0 Å². The lowest BCUT2D eigenvalue weighted by molar-refractivity contribution is -0.137. The Morgan fingerprint density at radius 1 is 0.413 bits per heavy atom. The van der Waals surface area contributed by atoms with E-state index in [1.165, 1.54) is 12.1 Å². The van der Waals surface area contributed by atoms with Crippen molar-refractivity contribution in [3.63, 3.8) is 0 Å². The molecule has 354 valence electrons. The number of para-hydroxylation sites is 1. The van der Waals surface area contributed by atoms with Crippen molar-refractivity contribution >= 4 is 27.5 Å². The predicted octanol–water partition coefficient (Wildman–Crippen LogP) is 17.1. The molecule has 3 aromatic heterocycles. The van der Waals surface area contributed by atoms with Gasteiger partial charge in [0.2, 0.25) is 0 Å². The molecular formula is C65H38F3N7. The van der Waals surface area contributed by atoms with Crippen molar-refractivity contribution in [1.82, 2.24) is 24.5 Å². The summed E-state index contributed by atoms with van der Waals surface area (Å²) in [6.07, 6.45) is -4.84. The van der Waals surface area contributed by atoms with Crippen LogP contribution in [0.25, 0.3) is 122 Å². The van der Waals surface area contributed by atoms with Gasteiger partial charge in [0.1, 0.15) is 0 Å². The number of nitriles is 1. The van der Waals surface area contributed by atoms with E-state index in [9.17, 15) is 5.26 Å². The topological polar surface area (TPSA) is 84.6 Å². The summed E-state index contributed by atoms with van der Waals surface area (Å²) < 4.78 is 50.1. The average molecular weight is 974 g/mol. The molecule has 0 radical (unpaired) electrons. The zero-order valence-corrected chi connectivity index (χ0v) is 39.7. The smallest absolute Gasteiger partial charge is 0.308 e. The summed E-state index contributed by atoms with van der Waals surface area (Å²) in [6.45, 7) is 8.12. The van der Waals surface area contributed by atoms with Crippen molar-refractivity contribution in [3.8, 4) is 102 Å². The zero-order valence-electron chi connectivity index (χ0n) is 39.7. The Morgan fingerprint density at radius 2 is 0.827 bits per heavy atom. The molecule has 0 aliphatic heterocycles. The Morgan fingerprint density at radius 3 is 1.29 bits per heavy atom. The van der Waals surface area contributed by atoms with Crippen LogP contribution in [-0.2, 0) is 6.18 Å². The quantitative estimate of drug-likeness (QED) is 0.135. The van der Waals surface area contributed by atoms with Gasteiger partial charge in [0, 0.05) is 44.2 Å². The summed E-state index contributed by atoms with van der Waals surface area (Å²) in [4.78, 5) is 24.4. The van der Waals surface area contributed by atoms with Crippen LogP contribution in [0, 0.1) is 17.9 Å². The lowest BCUT2D eigenvalue weighted by Gasteiger charge is -2.22. The maximum absolute atomic E-state index is 16.0. The van der Waals surface area contributed by atoms with Crippen LogP contribution in [0.4, 0.5) is 18.9 Å². The van der Waals surface area contributed by atoms with Crippen LogP contribution in [0.5, 0.6) is 0 Å². The van der Waals surface area contributed by atoms with E-state index in [1.807, 2.05) is 199 Å². The molecule has 0 saturated carbocycles. The molecule has 0 saturated heterocycles. The van der Waals surface area contributed by atoms with Crippen molar-refractivity contribution in [2.45, 2.75) is 6.18 Å². The highest BCUT2D eigenvalue weighted by molar-refractivity contribution is 6.13. The maximum atomic E-state index is 16.0. The van der Waals surface area contributed by atoms with E-state index in [4.69, 9.17) is 26.5 Å². The Labute approximate surface area is 429 Å². The van der Waals surface area contributed by atoms with Gasteiger partial charge in [-0.15, -0.1) is 0 Å². The summed E-state index contributed by atoms with van der Waals surface area (Å²) in [5.74, 6) is 0.625. The first kappa shape index (κ1) is 45.8. The Balaban J connectivity index is 1.29. The SMILES string of the molecule is [C-]#[N+]c1ccccc1-c1ccc2c3ccc(-c4ccccc4C#N)cc3n(-c3c(-c4cc(-c5ccccc5)nc(-c5ccccc5)n4)cc(C(F)(F)F)cc3-c3cc(-c4ccccc4)nc(-c4ccccc4)n3)c2c1. The molecule has 0 spiro atoms. The van der Waals surface area contributed by atoms with Gasteiger partial charge in [-0.1, -0.05) is 188 Å². The van der Waals surface area contributed by atoms with Crippen LogP contribution in [0.2, 0.25) is 0 Å². The molecule has 75 heavy (non-hydrogen) atoms. The predicted molar refractivity (Wildman–Crippen MR) is 291 cm³/mol. The monoisotopic (exact) mass is 973 g/mol. The van der Waals surface area contributed by atoms with Crippen molar-refractivity contribution in [3.05, 3.63) is 253 Å². The first-order chi connectivity index (χ1) is 36.7. The standard InChI is InChI=1S/C65H38F3N7/c1-70-55-29-17-16-28-50(55)46-31-33-52-51-32-30-45(49-27-15-14-26-47(49)40-69)34-60(51)75(61(52)35-46)62-53(58-38-56(41-18-6-2-7-19-41)71-63(73-58)43-22-10-4-11-23-43)36-48(65(66,67)68)37-54(62)59-39-57(42-20-8-3-9-21-42)72-64(74-59)44-24-12-5-13-25-44/h2-39H. The van der Waals surface area contributed by atoms with Gasteiger partial charge in [0.05, 0.1) is 63.3 Å². The number of fused-ring (bicyclic) bond motifs is 3. The number of aromatic nitrogens is 5. The minimum atomic E-state index is -4.84. The lowest BCUT2D eigenvalue weighted by atomic mass is 9.95.